The second-order valence-corrected chi connectivity index (χ2v) is 6.87. The fourth-order valence-corrected chi connectivity index (χ4v) is 3.45. The van der Waals surface area contributed by atoms with Gasteiger partial charge in [-0.15, -0.1) is 0 Å². The highest BCUT2D eigenvalue weighted by atomic mass is 79.9. The molecule has 4 heteroatoms. The molecule has 1 fully saturated rings. The van der Waals surface area contributed by atoms with E-state index in [1.165, 1.54) is 11.1 Å². The zero-order chi connectivity index (χ0) is 16.1. The van der Waals surface area contributed by atoms with Crippen LogP contribution in [-0.4, -0.2) is 31.2 Å². The number of benzene rings is 2. The molecule has 3 rings (SSSR count). The zero-order valence-corrected chi connectivity index (χ0v) is 15.0. The lowest BCUT2D eigenvalue weighted by Crippen LogP contribution is -2.22. The summed E-state index contributed by atoms with van der Waals surface area (Å²) in [5, 5.41) is 0. The minimum absolute atomic E-state index is 0.371. The Hall–Kier alpha value is -1.36. The van der Waals surface area contributed by atoms with E-state index in [0.717, 1.165) is 36.3 Å². The summed E-state index contributed by atoms with van der Waals surface area (Å²) in [5.74, 6) is 0.903. The van der Waals surface area contributed by atoms with E-state index >= 15 is 0 Å². The summed E-state index contributed by atoms with van der Waals surface area (Å²) in [6.45, 7) is 3.61. The van der Waals surface area contributed by atoms with Crippen LogP contribution in [0.1, 0.15) is 17.5 Å². The summed E-state index contributed by atoms with van der Waals surface area (Å²) in [6.07, 6.45) is 1.48. The molecule has 1 saturated heterocycles. The van der Waals surface area contributed by atoms with Gasteiger partial charge in [-0.1, -0.05) is 46.3 Å². The van der Waals surface area contributed by atoms with Crippen LogP contribution in [0.4, 0.5) is 0 Å². The summed E-state index contributed by atoms with van der Waals surface area (Å²) in [4.78, 5) is 2.43. The van der Waals surface area contributed by atoms with E-state index in [1.807, 2.05) is 24.3 Å². The van der Waals surface area contributed by atoms with Gasteiger partial charge < -0.3 is 9.47 Å². The Morgan fingerprint density at radius 1 is 1.13 bits per heavy atom. The molecule has 0 spiro atoms. The van der Waals surface area contributed by atoms with Gasteiger partial charge >= 0.3 is 0 Å². The number of hydrogen-bond donors (Lipinski definition) is 0. The quantitative estimate of drug-likeness (QED) is 0.753. The van der Waals surface area contributed by atoms with E-state index in [1.54, 1.807) is 7.11 Å². The molecule has 1 aliphatic rings. The highest BCUT2D eigenvalue weighted by Crippen LogP contribution is 2.24. The molecule has 23 heavy (non-hydrogen) atoms. The molecule has 0 N–H and O–H groups in total. The molecule has 0 aliphatic carbocycles. The van der Waals surface area contributed by atoms with Crippen molar-refractivity contribution in [1.29, 1.82) is 0 Å². The SMILES string of the molecule is COC1CCN(Cc2cc(Br)cc(OCc3ccccc3)c2)C1. The molecule has 2 aromatic carbocycles. The smallest absolute Gasteiger partial charge is 0.121 e. The van der Waals surface area contributed by atoms with Crippen LogP contribution in [0.3, 0.4) is 0 Å². The van der Waals surface area contributed by atoms with E-state index in [4.69, 9.17) is 9.47 Å². The largest absolute Gasteiger partial charge is 0.489 e. The first-order valence-electron chi connectivity index (χ1n) is 7.94. The van der Waals surface area contributed by atoms with Crippen molar-refractivity contribution in [1.82, 2.24) is 4.90 Å². The maximum Gasteiger partial charge on any atom is 0.121 e. The van der Waals surface area contributed by atoms with Crippen molar-refractivity contribution in [3.8, 4) is 5.75 Å². The van der Waals surface area contributed by atoms with Crippen LogP contribution in [0.15, 0.2) is 53.0 Å². The van der Waals surface area contributed by atoms with E-state index in [-0.39, 0.29) is 0 Å². The third-order valence-corrected chi connectivity index (χ3v) is 4.61. The maximum absolute atomic E-state index is 5.95. The third kappa shape index (κ3) is 4.80. The molecule has 122 valence electrons. The topological polar surface area (TPSA) is 21.7 Å². The lowest BCUT2D eigenvalue weighted by molar-refractivity contribution is 0.107. The molecule has 1 unspecified atom stereocenters. The summed E-state index contributed by atoms with van der Waals surface area (Å²) in [6, 6.07) is 16.6. The standard InChI is InChI=1S/C19H22BrNO2/c1-22-18-7-8-21(13-18)12-16-9-17(20)11-19(10-16)23-14-15-5-3-2-4-6-15/h2-6,9-11,18H,7-8,12-14H2,1H3. The highest BCUT2D eigenvalue weighted by molar-refractivity contribution is 9.10. The lowest BCUT2D eigenvalue weighted by Gasteiger charge is -2.17. The number of ether oxygens (including phenoxy) is 2. The van der Waals surface area contributed by atoms with Crippen LogP contribution in [-0.2, 0) is 17.9 Å². The second-order valence-electron chi connectivity index (χ2n) is 5.95. The number of nitrogens with zero attached hydrogens (tertiary/aromatic N) is 1. The van der Waals surface area contributed by atoms with Crippen LogP contribution < -0.4 is 4.74 Å². The van der Waals surface area contributed by atoms with Gasteiger partial charge in [-0.25, -0.2) is 0 Å². The Bertz CT molecular complexity index is 633. The molecular formula is C19H22BrNO2. The van der Waals surface area contributed by atoms with E-state index in [0.29, 0.717) is 12.7 Å². The summed E-state index contributed by atoms with van der Waals surface area (Å²) in [5.41, 5.74) is 2.44. The Labute approximate surface area is 146 Å². The molecule has 1 atom stereocenters. The van der Waals surface area contributed by atoms with Gasteiger partial charge in [-0.3, -0.25) is 4.90 Å². The minimum Gasteiger partial charge on any atom is -0.489 e. The zero-order valence-electron chi connectivity index (χ0n) is 13.4. The minimum atomic E-state index is 0.371. The number of rotatable bonds is 6. The van der Waals surface area contributed by atoms with E-state index in [2.05, 4.69) is 45.1 Å². The van der Waals surface area contributed by atoms with Crippen LogP contribution in [0.5, 0.6) is 5.75 Å². The fraction of sp³-hybridized carbons (Fsp3) is 0.368. The Morgan fingerprint density at radius 3 is 2.70 bits per heavy atom. The van der Waals surface area contributed by atoms with Crippen molar-refractivity contribution >= 4 is 15.9 Å². The molecule has 3 nitrogen and oxygen atoms in total. The number of halogens is 1. The van der Waals surface area contributed by atoms with Gasteiger partial charge in [0.05, 0.1) is 6.10 Å². The molecular weight excluding hydrogens is 354 g/mol. The molecule has 0 radical (unpaired) electrons. The fourth-order valence-electron chi connectivity index (χ4n) is 2.93. The number of likely N-dealkylation sites (tertiary alicyclic amines) is 1. The van der Waals surface area contributed by atoms with Crippen molar-refractivity contribution in [3.05, 3.63) is 64.1 Å². The van der Waals surface area contributed by atoms with Crippen LogP contribution in [0.25, 0.3) is 0 Å². The molecule has 1 heterocycles. The van der Waals surface area contributed by atoms with E-state index in [9.17, 15) is 0 Å². The van der Waals surface area contributed by atoms with Gasteiger partial charge in [0.2, 0.25) is 0 Å². The lowest BCUT2D eigenvalue weighted by atomic mass is 10.2. The van der Waals surface area contributed by atoms with Gasteiger partial charge in [0.1, 0.15) is 12.4 Å². The van der Waals surface area contributed by atoms with Crippen LogP contribution in [0, 0.1) is 0 Å². The average Bonchev–Trinajstić information content (AvgIpc) is 3.01. The first-order chi connectivity index (χ1) is 11.2. The normalized spacial score (nSPS) is 18.3. The Balaban J connectivity index is 1.62. The second kappa shape index (κ2) is 7.95. The molecule has 0 bridgehead atoms. The molecule has 0 amide bonds. The first kappa shape index (κ1) is 16.5. The first-order valence-corrected chi connectivity index (χ1v) is 8.73. The number of hydrogen-bond acceptors (Lipinski definition) is 3. The Morgan fingerprint density at radius 2 is 1.96 bits per heavy atom. The molecule has 1 aliphatic heterocycles. The average molecular weight is 376 g/mol. The molecule has 0 saturated carbocycles. The van der Waals surface area contributed by atoms with Crippen molar-refractivity contribution in [2.45, 2.75) is 25.7 Å². The predicted molar refractivity (Wildman–Crippen MR) is 95.6 cm³/mol. The Kier molecular flexibility index (Phi) is 5.70. The monoisotopic (exact) mass is 375 g/mol. The van der Waals surface area contributed by atoms with Crippen molar-refractivity contribution in [2.75, 3.05) is 20.2 Å². The molecule has 2 aromatic rings. The highest BCUT2D eigenvalue weighted by Gasteiger charge is 2.22. The van der Waals surface area contributed by atoms with Crippen LogP contribution >= 0.6 is 15.9 Å². The predicted octanol–water partition coefficient (Wildman–Crippen LogP) is 4.25. The van der Waals surface area contributed by atoms with Gasteiger partial charge in [0.15, 0.2) is 0 Å². The maximum atomic E-state index is 5.95. The van der Waals surface area contributed by atoms with E-state index < -0.39 is 0 Å². The van der Waals surface area contributed by atoms with Crippen molar-refractivity contribution < 1.29 is 9.47 Å². The van der Waals surface area contributed by atoms with Crippen LogP contribution in [0.2, 0.25) is 0 Å². The van der Waals surface area contributed by atoms with Gasteiger partial charge in [-0.2, -0.15) is 0 Å². The summed E-state index contributed by atoms with van der Waals surface area (Å²) < 4.78 is 12.4. The van der Waals surface area contributed by atoms with Gasteiger partial charge in [-0.05, 0) is 35.7 Å². The number of methoxy groups -OCH3 is 1. The van der Waals surface area contributed by atoms with Gasteiger partial charge in [0, 0.05) is 31.2 Å². The summed E-state index contributed by atoms with van der Waals surface area (Å²) >= 11 is 3.59. The molecule has 0 aromatic heterocycles. The third-order valence-electron chi connectivity index (χ3n) is 4.15. The van der Waals surface area contributed by atoms with Gasteiger partial charge in [0.25, 0.3) is 0 Å². The summed E-state index contributed by atoms with van der Waals surface area (Å²) in [7, 11) is 1.79. The van der Waals surface area contributed by atoms with Crippen molar-refractivity contribution in [3.63, 3.8) is 0 Å². The van der Waals surface area contributed by atoms with Crippen molar-refractivity contribution in [2.24, 2.45) is 0 Å².